The summed E-state index contributed by atoms with van der Waals surface area (Å²) in [5.74, 6) is -0.618. The van der Waals surface area contributed by atoms with Crippen LogP contribution < -0.4 is 5.32 Å². The first-order chi connectivity index (χ1) is 12.0. The van der Waals surface area contributed by atoms with Gasteiger partial charge in [0.2, 0.25) is 11.8 Å². The molecule has 0 saturated carbocycles. The molecule has 8 heteroatoms. The van der Waals surface area contributed by atoms with Crippen LogP contribution in [-0.2, 0) is 20.7 Å². The number of furan rings is 1. The number of alkyl halides is 2. The normalized spacial score (nSPS) is 26.4. The number of halogens is 2. The fraction of sp³-hybridized carbons (Fsp3) is 0.412. The highest BCUT2D eigenvalue weighted by Gasteiger charge is 2.47. The van der Waals surface area contributed by atoms with Crippen LogP contribution in [0.2, 0.25) is 0 Å². The summed E-state index contributed by atoms with van der Waals surface area (Å²) in [6.07, 6.45) is 1.12. The van der Waals surface area contributed by atoms with Crippen molar-refractivity contribution < 1.29 is 27.5 Å². The fourth-order valence-electron chi connectivity index (χ4n) is 3.61. The minimum Gasteiger partial charge on any atom is -0.464 e. The van der Waals surface area contributed by atoms with E-state index in [0.717, 1.165) is 10.9 Å². The van der Waals surface area contributed by atoms with Crippen LogP contribution >= 0.6 is 0 Å². The van der Waals surface area contributed by atoms with Gasteiger partial charge in [-0.25, -0.2) is 0 Å². The molecule has 1 aromatic heterocycles. The summed E-state index contributed by atoms with van der Waals surface area (Å²) >= 11 is 0. The Balaban J connectivity index is 1.52. The van der Waals surface area contributed by atoms with Gasteiger partial charge in [0.1, 0.15) is 17.7 Å². The molecule has 6 nitrogen and oxygen atoms in total. The molecule has 0 spiro atoms. The van der Waals surface area contributed by atoms with Crippen molar-refractivity contribution in [3.05, 3.63) is 36.1 Å². The predicted molar refractivity (Wildman–Crippen MR) is 82.8 cm³/mol. The molecule has 2 saturated heterocycles. The van der Waals surface area contributed by atoms with Gasteiger partial charge in [-0.2, -0.15) is 8.78 Å². The van der Waals surface area contributed by atoms with Gasteiger partial charge < -0.3 is 19.4 Å². The summed E-state index contributed by atoms with van der Waals surface area (Å²) in [4.78, 5) is 26.3. The standard InChI is InChI=1S/C17H16F2N2O4/c18-17(19)25-10-6-13-15(22)20-12(16(23)21(13)7-10)5-9-8-24-14-4-2-1-3-11(9)14/h1-4,8,10,12-13,17H,5-7H2,(H,20,22)/t10-,12?,13+/m1/s1. The number of carbonyl (C=O) groups is 2. The Hall–Kier alpha value is -2.48. The molecule has 1 aromatic carbocycles. The van der Waals surface area contributed by atoms with Crippen molar-refractivity contribution >= 4 is 22.8 Å². The molecule has 1 unspecified atom stereocenters. The molecule has 2 amide bonds. The summed E-state index contributed by atoms with van der Waals surface area (Å²) in [6, 6.07) is 5.94. The third kappa shape index (κ3) is 2.86. The van der Waals surface area contributed by atoms with Crippen molar-refractivity contribution in [2.24, 2.45) is 0 Å². The van der Waals surface area contributed by atoms with Crippen molar-refractivity contribution in [2.75, 3.05) is 6.54 Å². The summed E-state index contributed by atoms with van der Waals surface area (Å²) in [6.45, 7) is -2.92. The highest BCUT2D eigenvalue weighted by atomic mass is 19.3. The predicted octanol–water partition coefficient (Wildman–Crippen LogP) is 1.68. The maximum atomic E-state index is 12.7. The lowest BCUT2D eigenvalue weighted by Crippen LogP contribution is -2.61. The van der Waals surface area contributed by atoms with Crippen LogP contribution in [0.5, 0.6) is 0 Å². The Kier molecular flexibility index (Phi) is 3.91. The van der Waals surface area contributed by atoms with E-state index < -0.39 is 24.8 Å². The number of rotatable bonds is 4. The first-order valence-corrected chi connectivity index (χ1v) is 8.02. The molecular weight excluding hydrogens is 334 g/mol. The number of nitrogens with zero attached hydrogens (tertiary/aromatic N) is 1. The highest BCUT2D eigenvalue weighted by Crippen LogP contribution is 2.28. The first kappa shape index (κ1) is 16.0. The van der Waals surface area contributed by atoms with Gasteiger partial charge >= 0.3 is 6.61 Å². The lowest BCUT2D eigenvalue weighted by atomic mass is 10.0. The molecule has 1 N–H and O–H groups in total. The Morgan fingerprint density at radius 2 is 2.12 bits per heavy atom. The van der Waals surface area contributed by atoms with Crippen LogP contribution in [0.25, 0.3) is 11.0 Å². The third-order valence-electron chi connectivity index (χ3n) is 4.74. The molecule has 2 fully saturated rings. The topological polar surface area (TPSA) is 71.8 Å². The maximum Gasteiger partial charge on any atom is 0.345 e. The Morgan fingerprint density at radius 3 is 2.92 bits per heavy atom. The monoisotopic (exact) mass is 350 g/mol. The molecule has 2 aliphatic rings. The fourth-order valence-corrected chi connectivity index (χ4v) is 3.61. The van der Waals surface area contributed by atoms with Gasteiger partial charge in [-0.15, -0.1) is 0 Å². The number of fused-ring (bicyclic) bond motifs is 2. The average molecular weight is 350 g/mol. The van der Waals surface area contributed by atoms with E-state index >= 15 is 0 Å². The van der Waals surface area contributed by atoms with E-state index in [1.807, 2.05) is 24.3 Å². The number of hydrogen-bond acceptors (Lipinski definition) is 4. The van der Waals surface area contributed by atoms with Crippen LogP contribution in [0.4, 0.5) is 8.78 Å². The minimum absolute atomic E-state index is 0.00386. The zero-order valence-corrected chi connectivity index (χ0v) is 13.2. The number of benzene rings is 1. The number of ether oxygens (including phenoxy) is 1. The largest absolute Gasteiger partial charge is 0.464 e. The second-order valence-corrected chi connectivity index (χ2v) is 6.28. The molecule has 2 aromatic rings. The molecule has 3 heterocycles. The summed E-state index contributed by atoms with van der Waals surface area (Å²) in [7, 11) is 0. The Bertz CT molecular complexity index is 822. The number of carbonyl (C=O) groups excluding carboxylic acids is 2. The van der Waals surface area contributed by atoms with Gasteiger partial charge in [-0.1, -0.05) is 18.2 Å². The van der Waals surface area contributed by atoms with E-state index in [0.29, 0.717) is 5.58 Å². The zero-order chi connectivity index (χ0) is 17.6. The summed E-state index contributed by atoms with van der Waals surface area (Å²) < 4.78 is 34.7. The smallest absolute Gasteiger partial charge is 0.345 e. The number of hydrogen-bond donors (Lipinski definition) is 1. The van der Waals surface area contributed by atoms with Crippen LogP contribution in [-0.4, -0.2) is 48.1 Å². The lowest BCUT2D eigenvalue weighted by Gasteiger charge is -2.34. The molecule has 25 heavy (non-hydrogen) atoms. The Labute approximate surface area is 141 Å². The highest BCUT2D eigenvalue weighted by molar-refractivity contribution is 5.98. The van der Waals surface area contributed by atoms with Gasteiger partial charge in [-0.05, 0) is 6.07 Å². The lowest BCUT2D eigenvalue weighted by molar-refractivity contribution is -0.160. The second kappa shape index (κ2) is 6.11. The Morgan fingerprint density at radius 1 is 1.32 bits per heavy atom. The van der Waals surface area contributed by atoms with Gasteiger partial charge in [0.05, 0.1) is 12.4 Å². The minimum atomic E-state index is -2.92. The van der Waals surface area contributed by atoms with Gasteiger partial charge in [0, 0.05) is 30.3 Å². The first-order valence-electron chi connectivity index (χ1n) is 8.02. The molecule has 2 aliphatic heterocycles. The molecule has 132 valence electrons. The van der Waals surface area contributed by atoms with Gasteiger partial charge in [0.15, 0.2) is 0 Å². The van der Waals surface area contributed by atoms with Gasteiger partial charge in [0.25, 0.3) is 0 Å². The quantitative estimate of drug-likeness (QED) is 0.911. The summed E-state index contributed by atoms with van der Waals surface area (Å²) in [5, 5.41) is 3.58. The van der Waals surface area contributed by atoms with E-state index in [4.69, 9.17) is 4.42 Å². The molecule has 0 aliphatic carbocycles. The van der Waals surface area contributed by atoms with Crippen molar-refractivity contribution in [3.63, 3.8) is 0 Å². The van der Waals surface area contributed by atoms with E-state index in [9.17, 15) is 18.4 Å². The molecule has 0 radical (unpaired) electrons. The number of nitrogens with one attached hydrogen (secondary N) is 1. The van der Waals surface area contributed by atoms with E-state index in [1.165, 1.54) is 4.90 Å². The van der Waals surface area contributed by atoms with E-state index in [1.54, 1.807) is 6.26 Å². The van der Waals surface area contributed by atoms with E-state index in [2.05, 4.69) is 10.1 Å². The molecular formula is C17H16F2N2O4. The SMILES string of the molecule is O=C1NC(Cc2coc3ccccc23)C(=O)N2C[C@H](OC(F)F)C[C@@H]12. The number of para-hydroxylation sites is 1. The molecule has 4 rings (SSSR count). The van der Waals surface area contributed by atoms with Crippen LogP contribution in [0.3, 0.4) is 0 Å². The van der Waals surface area contributed by atoms with Crippen LogP contribution in [0.1, 0.15) is 12.0 Å². The van der Waals surface area contributed by atoms with Crippen molar-refractivity contribution in [2.45, 2.75) is 37.6 Å². The molecule has 3 atom stereocenters. The van der Waals surface area contributed by atoms with Gasteiger partial charge in [-0.3, -0.25) is 9.59 Å². The maximum absolute atomic E-state index is 12.7. The summed E-state index contributed by atoms with van der Waals surface area (Å²) in [5.41, 5.74) is 1.52. The van der Waals surface area contributed by atoms with Crippen molar-refractivity contribution in [3.8, 4) is 0 Å². The van der Waals surface area contributed by atoms with Crippen LogP contribution in [0.15, 0.2) is 34.9 Å². The van der Waals surface area contributed by atoms with E-state index in [-0.39, 0.29) is 31.2 Å². The number of amides is 2. The van der Waals surface area contributed by atoms with Crippen LogP contribution in [0, 0.1) is 0 Å². The average Bonchev–Trinajstić information content (AvgIpc) is 3.17. The van der Waals surface area contributed by atoms with Crippen molar-refractivity contribution in [1.82, 2.24) is 10.2 Å². The third-order valence-corrected chi connectivity index (χ3v) is 4.74. The second-order valence-electron chi connectivity index (χ2n) is 6.28. The molecule has 0 bridgehead atoms. The number of piperazine rings is 1. The van der Waals surface area contributed by atoms with Crippen molar-refractivity contribution in [1.29, 1.82) is 0 Å². The zero-order valence-electron chi connectivity index (χ0n) is 13.2.